The lowest BCUT2D eigenvalue weighted by molar-refractivity contribution is -0.137. The van der Waals surface area contributed by atoms with E-state index in [4.69, 9.17) is 16.3 Å². The van der Waals surface area contributed by atoms with Gasteiger partial charge >= 0.3 is 5.97 Å². The Morgan fingerprint density at radius 1 is 1.09 bits per heavy atom. The molecular formula is C27H26ClNO4. The van der Waals surface area contributed by atoms with Crippen LogP contribution in [0.15, 0.2) is 66.7 Å². The molecule has 0 bridgehead atoms. The van der Waals surface area contributed by atoms with Gasteiger partial charge in [-0.05, 0) is 54.8 Å². The minimum atomic E-state index is -1.05. The van der Waals surface area contributed by atoms with E-state index in [0.717, 1.165) is 28.0 Å². The largest absolute Gasteiger partial charge is 0.487 e. The van der Waals surface area contributed by atoms with Gasteiger partial charge < -0.3 is 14.7 Å². The number of carboxylic acid groups (broad SMARTS) is 1. The summed E-state index contributed by atoms with van der Waals surface area (Å²) in [5.74, 6) is -0.628. The average molecular weight is 464 g/mol. The number of carbonyl (C=O) groups excluding carboxylic acids is 1. The van der Waals surface area contributed by atoms with Gasteiger partial charge in [0, 0.05) is 30.0 Å². The molecule has 6 heteroatoms. The van der Waals surface area contributed by atoms with E-state index >= 15 is 0 Å². The van der Waals surface area contributed by atoms with Crippen LogP contribution in [0.2, 0.25) is 5.02 Å². The maximum atomic E-state index is 13.3. The second kappa shape index (κ2) is 9.28. The van der Waals surface area contributed by atoms with E-state index in [1.165, 1.54) is 4.90 Å². The van der Waals surface area contributed by atoms with Crippen LogP contribution in [0.1, 0.15) is 39.5 Å². The molecule has 0 aliphatic carbocycles. The molecule has 0 saturated carbocycles. The molecule has 1 amide bonds. The third-order valence-electron chi connectivity index (χ3n) is 5.86. The van der Waals surface area contributed by atoms with Gasteiger partial charge in [-0.2, -0.15) is 0 Å². The van der Waals surface area contributed by atoms with Crippen molar-refractivity contribution < 1.29 is 19.4 Å². The van der Waals surface area contributed by atoms with Crippen LogP contribution >= 0.6 is 11.6 Å². The fourth-order valence-electron chi connectivity index (χ4n) is 4.26. The van der Waals surface area contributed by atoms with Crippen molar-refractivity contribution in [3.8, 4) is 5.75 Å². The summed E-state index contributed by atoms with van der Waals surface area (Å²) in [6.45, 7) is 3.87. The lowest BCUT2D eigenvalue weighted by Gasteiger charge is -2.24. The number of benzene rings is 3. The number of hydrogen-bond acceptors (Lipinski definition) is 3. The highest BCUT2D eigenvalue weighted by atomic mass is 35.5. The highest BCUT2D eigenvalue weighted by molar-refractivity contribution is 6.31. The highest BCUT2D eigenvalue weighted by Crippen LogP contribution is 2.38. The Kier molecular flexibility index (Phi) is 6.43. The first-order chi connectivity index (χ1) is 15.7. The van der Waals surface area contributed by atoms with Crippen molar-refractivity contribution in [3.05, 3.63) is 99.6 Å². The molecule has 1 N–H and O–H groups in total. The van der Waals surface area contributed by atoms with Crippen LogP contribution in [0.3, 0.4) is 0 Å². The number of rotatable bonds is 7. The normalized spacial score (nSPS) is 16.7. The number of nitrogens with zero attached hydrogens (tertiary/aromatic N) is 1. The summed E-state index contributed by atoms with van der Waals surface area (Å²) in [4.78, 5) is 26.0. The Balaban J connectivity index is 1.53. The molecule has 170 valence electrons. The number of fused-ring (bicyclic) bond motifs is 1. The van der Waals surface area contributed by atoms with E-state index in [9.17, 15) is 14.7 Å². The molecule has 1 aliphatic heterocycles. The summed E-state index contributed by atoms with van der Waals surface area (Å²) in [6.07, 6.45) is 1.27. The number of carbonyl (C=O) groups is 2. The summed E-state index contributed by atoms with van der Waals surface area (Å²) >= 11 is 6.34. The summed E-state index contributed by atoms with van der Waals surface area (Å²) in [7, 11) is 0. The minimum absolute atomic E-state index is 0.225. The lowest BCUT2D eigenvalue weighted by atomic mass is 9.91. The molecule has 1 aliphatic rings. The first kappa shape index (κ1) is 22.9. The molecule has 0 radical (unpaired) electrons. The second-order valence-corrected chi connectivity index (χ2v) is 9.27. The Bertz CT molecular complexity index is 1190. The first-order valence-electron chi connectivity index (χ1n) is 10.8. The highest BCUT2D eigenvalue weighted by Gasteiger charge is 2.36. The van der Waals surface area contributed by atoms with Crippen LogP contribution in [-0.4, -0.2) is 34.0 Å². The van der Waals surface area contributed by atoms with Crippen molar-refractivity contribution >= 4 is 23.5 Å². The molecule has 0 fully saturated rings. The van der Waals surface area contributed by atoms with Crippen LogP contribution in [0, 0.1) is 6.92 Å². The topological polar surface area (TPSA) is 66.8 Å². The molecule has 33 heavy (non-hydrogen) atoms. The number of halogens is 1. The molecule has 4 rings (SSSR count). The third-order valence-corrected chi connectivity index (χ3v) is 6.23. The van der Waals surface area contributed by atoms with Gasteiger partial charge in [-0.1, -0.05) is 59.6 Å². The summed E-state index contributed by atoms with van der Waals surface area (Å²) in [5.41, 5.74) is 3.91. The lowest BCUT2D eigenvalue weighted by Crippen LogP contribution is -2.35. The molecule has 1 atom stereocenters. The van der Waals surface area contributed by atoms with Gasteiger partial charge in [0.15, 0.2) is 0 Å². The predicted molar refractivity (Wildman–Crippen MR) is 128 cm³/mol. The first-order valence-corrected chi connectivity index (χ1v) is 11.2. The molecular weight excluding hydrogens is 438 g/mol. The van der Waals surface area contributed by atoms with Gasteiger partial charge in [0.1, 0.15) is 17.9 Å². The number of carboxylic acids is 1. The molecule has 0 aromatic heterocycles. The number of aliphatic carboxylic acids is 1. The standard InChI is InChI=1S/C27H26ClNO4/c1-18-7-9-19(10-8-18)16-29(17-25(30)31)26(32)20-11-12-24-22(13-20)15-27(2,33-24)14-21-5-3-4-6-23(21)28/h3-13H,14-17H2,1-2H3,(H,30,31)/t27-/m0/s1. The third kappa shape index (κ3) is 5.37. The van der Waals surface area contributed by atoms with E-state index in [2.05, 4.69) is 0 Å². The number of amides is 1. The zero-order valence-corrected chi connectivity index (χ0v) is 19.4. The SMILES string of the molecule is Cc1ccc(CN(CC(=O)O)C(=O)c2ccc3c(c2)C[C@](C)(Cc2ccccc2Cl)O3)cc1. The quantitative estimate of drug-likeness (QED) is 0.515. The smallest absolute Gasteiger partial charge is 0.323 e. The molecule has 0 unspecified atom stereocenters. The molecule has 3 aromatic carbocycles. The Labute approximate surface area is 198 Å². The Hall–Kier alpha value is -3.31. The van der Waals surface area contributed by atoms with Crippen molar-refractivity contribution in [2.24, 2.45) is 0 Å². The van der Waals surface area contributed by atoms with E-state index in [-0.39, 0.29) is 19.0 Å². The molecule has 0 saturated heterocycles. The van der Waals surface area contributed by atoms with E-state index < -0.39 is 11.6 Å². The van der Waals surface area contributed by atoms with Crippen molar-refractivity contribution in [1.29, 1.82) is 0 Å². The van der Waals surface area contributed by atoms with Gasteiger partial charge in [-0.3, -0.25) is 9.59 Å². The van der Waals surface area contributed by atoms with Gasteiger partial charge in [-0.15, -0.1) is 0 Å². The maximum Gasteiger partial charge on any atom is 0.323 e. The van der Waals surface area contributed by atoms with Crippen molar-refractivity contribution in [3.63, 3.8) is 0 Å². The van der Waals surface area contributed by atoms with Gasteiger partial charge in [-0.25, -0.2) is 0 Å². The van der Waals surface area contributed by atoms with E-state index in [1.807, 2.05) is 68.4 Å². The fraction of sp³-hybridized carbons (Fsp3) is 0.259. The van der Waals surface area contributed by atoms with Crippen molar-refractivity contribution in [1.82, 2.24) is 4.90 Å². The second-order valence-electron chi connectivity index (χ2n) is 8.86. The van der Waals surface area contributed by atoms with Gasteiger partial charge in [0.25, 0.3) is 5.91 Å². The van der Waals surface area contributed by atoms with Gasteiger partial charge in [0.05, 0.1) is 0 Å². The molecule has 1 heterocycles. The van der Waals surface area contributed by atoms with Crippen LogP contribution in [0.25, 0.3) is 0 Å². The zero-order chi connectivity index (χ0) is 23.6. The van der Waals surface area contributed by atoms with Crippen LogP contribution in [0.5, 0.6) is 5.75 Å². The Morgan fingerprint density at radius 2 is 1.82 bits per heavy atom. The number of ether oxygens (including phenoxy) is 1. The Morgan fingerprint density at radius 3 is 2.52 bits per heavy atom. The summed E-state index contributed by atoms with van der Waals surface area (Å²) < 4.78 is 6.24. The predicted octanol–water partition coefficient (Wildman–Crippen LogP) is 5.31. The van der Waals surface area contributed by atoms with Crippen molar-refractivity contribution in [2.45, 2.75) is 38.8 Å². The number of aryl methyl sites for hydroxylation is 1. The van der Waals surface area contributed by atoms with Crippen LogP contribution < -0.4 is 4.74 Å². The molecule has 5 nitrogen and oxygen atoms in total. The minimum Gasteiger partial charge on any atom is -0.487 e. The van der Waals surface area contributed by atoms with Crippen LogP contribution in [0.4, 0.5) is 0 Å². The maximum absolute atomic E-state index is 13.3. The fourth-order valence-corrected chi connectivity index (χ4v) is 4.46. The van der Waals surface area contributed by atoms with E-state index in [0.29, 0.717) is 23.4 Å². The summed E-state index contributed by atoms with van der Waals surface area (Å²) in [6, 6.07) is 20.7. The van der Waals surface area contributed by atoms with E-state index in [1.54, 1.807) is 12.1 Å². The van der Waals surface area contributed by atoms with Crippen LogP contribution in [-0.2, 0) is 24.2 Å². The average Bonchev–Trinajstić information content (AvgIpc) is 3.10. The van der Waals surface area contributed by atoms with Gasteiger partial charge in [0.2, 0.25) is 0 Å². The van der Waals surface area contributed by atoms with Crippen molar-refractivity contribution in [2.75, 3.05) is 6.54 Å². The summed E-state index contributed by atoms with van der Waals surface area (Å²) in [5, 5.41) is 10.1. The number of hydrogen-bond donors (Lipinski definition) is 1. The zero-order valence-electron chi connectivity index (χ0n) is 18.7. The monoisotopic (exact) mass is 463 g/mol. The molecule has 0 spiro atoms. The molecule has 3 aromatic rings.